The van der Waals surface area contributed by atoms with Crippen molar-refractivity contribution < 1.29 is 24.5 Å². The highest BCUT2D eigenvalue weighted by Gasteiger charge is 2.46. The van der Waals surface area contributed by atoms with Crippen LogP contribution in [0.3, 0.4) is 0 Å². The summed E-state index contributed by atoms with van der Waals surface area (Å²) < 4.78 is 5.51. The van der Waals surface area contributed by atoms with Crippen molar-refractivity contribution in [3.63, 3.8) is 0 Å². The van der Waals surface area contributed by atoms with Gasteiger partial charge in [0.1, 0.15) is 0 Å². The molecule has 5 heteroatoms. The zero-order chi connectivity index (χ0) is 18.6. The number of carboxylic acids is 1. The predicted molar refractivity (Wildman–Crippen MR) is 94.9 cm³/mol. The highest BCUT2D eigenvalue weighted by atomic mass is 16.6. The van der Waals surface area contributed by atoms with Crippen LogP contribution in [0, 0.1) is 0 Å². The van der Waals surface area contributed by atoms with Crippen molar-refractivity contribution in [3.8, 4) is 0 Å². The van der Waals surface area contributed by atoms with Crippen LogP contribution in [0.15, 0.2) is 0 Å². The Hall–Kier alpha value is -1.10. The summed E-state index contributed by atoms with van der Waals surface area (Å²) in [4.78, 5) is 24.5. The maximum atomic E-state index is 12.7. The number of unbranched alkanes of at least 4 members (excludes halogenated alkanes) is 3. The van der Waals surface area contributed by atoms with Gasteiger partial charge in [0, 0.05) is 0 Å². The Morgan fingerprint density at radius 1 is 0.792 bits per heavy atom. The highest BCUT2D eigenvalue weighted by molar-refractivity contribution is 5.85. The van der Waals surface area contributed by atoms with Crippen molar-refractivity contribution in [2.75, 3.05) is 0 Å². The van der Waals surface area contributed by atoms with Crippen LogP contribution < -0.4 is 0 Å². The number of rotatable bonds is 14. The van der Waals surface area contributed by atoms with Crippen LogP contribution in [0.1, 0.15) is 98.3 Å². The van der Waals surface area contributed by atoms with E-state index in [1.807, 2.05) is 27.7 Å². The molecule has 142 valence electrons. The zero-order valence-electron chi connectivity index (χ0n) is 15.9. The van der Waals surface area contributed by atoms with Gasteiger partial charge in [-0.1, -0.05) is 66.2 Å². The van der Waals surface area contributed by atoms with E-state index < -0.39 is 23.1 Å². The third-order valence-electron chi connectivity index (χ3n) is 4.53. The van der Waals surface area contributed by atoms with Crippen molar-refractivity contribution in [1.82, 2.24) is 0 Å². The first-order valence-corrected chi connectivity index (χ1v) is 9.51. The second-order valence-corrected chi connectivity index (χ2v) is 6.78. The van der Waals surface area contributed by atoms with E-state index in [9.17, 15) is 19.8 Å². The van der Waals surface area contributed by atoms with E-state index in [-0.39, 0.29) is 12.8 Å². The van der Waals surface area contributed by atoms with Crippen LogP contribution >= 0.6 is 0 Å². The normalized spacial score (nSPS) is 14.2. The third kappa shape index (κ3) is 6.80. The smallest absolute Gasteiger partial charge is 0.348 e. The largest absolute Gasteiger partial charge is 0.478 e. The number of carboxylic acid groups (broad SMARTS) is 1. The molecular weight excluding hydrogens is 308 g/mol. The van der Waals surface area contributed by atoms with Gasteiger partial charge in [-0.3, -0.25) is 0 Å². The summed E-state index contributed by atoms with van der Waals surface area (Å²) in [5.74, 6) is -1.88. The van der Waals surface area contributed by atoms with Crippen LogP contribution in [0.4, 0.5) is 0 Å². The monoisotopic (exact) mass is 344 g/mol. The van der Waals surface area contributed by atoms with E-state index in [0.717, 1.165) is 19.3 Å². The summed E-state index contributed by atoms with van der Waals surface area (Å²) in [6.07, 6.45) is 6.42. The van der Waals surface area contributed by atoms with E-state index in [0.29, 0.717) is 38.5 Å². The first-order chi connectivity index (χ1) is 11.3. The van der Waals surface area contributed by atoms with Gasteiger partial charge >= 0.3 is 11.9 Å². The first-order valence-electron chi connectivity index (χ1n) is 9.51. The SMILES string of the molecule is CCCCC(O)(CCCC)C(=O)OC(CCC)(CCCC)C(=O)O. The van der Waals surface area contributed by atoms with Gasteiger partial charge in [0.15, 0.2) is 5.60 Å². The van der Waals surface area contributed by atoms with Gasteiger partial charge in [0.05, 0.1) is 0 Å². The minimum atomic E-state index is -1.58. The molecule has 0 heterocycles. The fourth-order valence-corrected chi connectivity index (χ4v) is 2.89. The quantitative estimate of drug-likeness (QED) is 0.455. The molecule has 1 atom stereocenters. The lowest BCUT2D eigenvalue weighted by Crippen LogP contribution is -2.50. The Morgan fingerprint density at radius 3 is 1.62 bits per heavy atom. The van der Waals surface area contributed by atoms with E-state index >= 15 is 0 Å². The zero-order valence-corrected chi connectivity index (χ0v) is 15.9. The molecule has 5 nitrogen and oxygen atoms in total. The molecule has 0 aromatic rings. The fraction of sp³-hybridized carbons (Fsp3) is 0.895. The number of hydrogen-bond acceptors (Lipinski definition) is 4. The molecule has 2 N–H and O–H groups in total. The minimum Gasteiger partial charge on any atom is -0.478 e. The number of esters is 1. The molecule has 0 aliphatic carbocycles. The summed E-state index contributed by atoms with van der Waals surface area (Å²) in [7, 11) is 0. The van der Waals surface area contributed by atoms with Gasteiger partial charge in [0.25, 0.3) is 0 Å². The van der Waals surface area contributed by atoms with Crippen LogP contribution in [0.2, 0.25) is 0 Å². The molecule has 0 fully saturated rings. The maximum absolute atomic E-state index is 12.7. The van der Waals surface area contributed by atoms with Crippen molar-refractivity contribution in [3.05, 3.63) is 0 Å². The molecule has 0 amide bonds. The Kier molecular flexibility index (Phi) is 10.9. The topological polar surface area (TPSA) is 83.8 Å². The molecule has 1 unspecified atom stereocenters. The van der Waals surface area contributed by atoms with E-state index in [4.69, 9.17) is 4.74 Å². The average molecular weight is 344 g/mol. The minimum absolute atomic E-state index is 0.270. The van der Waals surface area contributed by atoms with Gasteiger partial charge in [-0.2, -0.15) is 0 Å². The fourth-order valence-electron chi connectivity index (χ4n) is 2.89. The maximum Gasteiger partial charge on any atom is 0.348 e. The Balaban J connectivity index is 5.36. The number of aliphatic hydroxyl groups is 1. The molecule has 0 radical (unpaired) electrons. The lowest BCUT2D eigenvalue weighted by molar-refractivity contribution is -0.196. The summed E-state index contributed by atoms with van der Waals surface area (Å²) in [6, 6.07) is 0. The molecule has 0 aromatic carbocycles. The molecular formula is C19H36O5. The number of carbonyl (C=O) groups is 2. The summed E-state index contributed by atoms with van der Waals surface area (Å²) >= 11 is 0. The predicted octanol–water partition coefficient (Wildman–Crippen LogP) is 4.45. The van der Waals surface area contributed by atoms with Crippen molar-refractivity contribution in [1.29, 1.82) is 0 Å². The Bertz CT molecular complexity index is 372. The van der Waals surface area contributed by atoms with Gasteiger partial charge < -0.3 is 14.9 Å². The molecule has 0 bridgehead atoms. The summed E-state index contributed by atoms with van der Waals surface area (Å²) in [6.45, 7) is 7.83. The highest BCUT2D eigenvalue weighted by Crippen LogP contribution is 2.31. The van der Waals surface area contributed by atoms with Crippen molar-refractivity contribution >= 4 is 11.9 Å². The molecule has 0 rings (SSSR count). The molecule has 24 heavy (non-hydrogen) atoms. The summed E-state index contributed by atoms with van der Waals surface area (Å²) in [5, 5.41) is 20.5. The van der Waals surface area contributed by atoms with E-state index in [1.165, 1.54) is 0 Å². The molecule has 0 spiro atoms. The molecule has 0 aliphatic heterocycles. The van der Waals surface area contributed by atoms with Gasteiger partial charge in [0.2, 0.25) is 5.60 Å². The molecule has 0 saturated heterocycles. The standard InChI is InChI=1S/C19H36O5/c1-5-9-13-18(23,14-10-6-2)17(22)24-19(12-8-4,16(20)21)15-11-7-3/h23H,5-15H2,1-4H3,(H,20,21). The van der Waals surface area contributed by atoms with Gasteiger partial charge in [-0.25, -0.2) is 9.59 Å². The second kappa shape index (κ2) is 11.5. The average Bonchev–Trinajstić information content (AvgIpc) is 2.55. The van der Waals surface area contributed by atoms with Crippen LogP contribution in [0.5, 0.6) is 0 Å². The van der Waals surface area contributed by atoms with Crippen LogP contribution in [-0.2, 0) is 14.3 Å². The van der Waals surface area contributed by atoms with Gasteiger partial charge in [-0.15, -0.1) is 0 Å². The van der Waals surface area contributed by atoms with Gasteiger partial charge in [-0.05, 0) is 32.1 Å². The Morgan fingerprint density at radius 2 is 1.25 bits per heavy atom. The second-order valence-electron chi connectivity index (χ2n) is 6.78. The Labute approximate surface area is 146 Å². The molecule has 0 saturated carbocycles. The number of aliphatic carboxylic acids is 1. The summed E-state index contributed by atoms with van der Waals surface area (Å²) in [5.41, 5.74) is -3.10. The van der Waals surface area contributed by atoms with Crippen molar-refractivity contribution in [2.24, 2.45) is 0 Å². The van der Waals surface area contributed by atoms with E-state index in [2.05, 4.69) is 0 Å². The lowest BCUT2D eigenvalue weighted by Gasteiger charge is -2.34. The molecule has 0 aliphatic rings. The lowest BCUT2D eigenvalue weighted by atomic mass is 9.88. The van der Waals surface area contributed by atoms with Crippen LogP contribution in [0.25, 0.3) is 0 Å². The third-order valence-corrected chi connectivity index (χ3v) is 4.53. The number of ether oxygens (including phenoxy) is 1. The number of hydrogen-bond donors (Lipinski definition) is 2. The van der Waals surface area contributed by atoms with Crippen molar-refractivity contribution in [2.45, 2.75) is 110 Å². The number of carbonyl (C=O) groups excluding carboxylic acids is 1. The van der Waals surface area contributed by atoms with E-state index in [1.54, 1.807) is 0 Å². The first kappa shape index (κ1) is 22.9. The molecule has 0 aromatic heterocycles. The van der Waals surface area contributed by atoms with Crippen LogP contribution in [-0.4, -0.2) is 33.4 Å².